The molecule has 20 heavy (non-hydrogen) atoms. The van der Waals surface area contributed by atoms with Crippen molar-refractivity contribution in [1.82, 2.24) is 5.32 Å². The van der Waals surface area contributed by atoms with Gasteiger partial charge in [-0.25, -0.2) is 0 Å². The highest BCUT2D eigenvalue weighted by molar-refractivity contribution is 6.17. The Hall–Kier alpha value is -1.23. The first-order chi connectivity index (χ1) is 9.38. The second kappa shape index (κ2) is 7.53. The molecule has 0 radical (unpaired) electrons. The van der Waals surface area contributed by atoms with Gasteiger partial charge >= 0.3 is 6.18 Å². The van der Waals surface area contributed by atoms with Gasteiger partial charge in [0.2, 0.25) is 0 Å². The highest BCUT2D eigenvalue weighted by Gasteiger charge is 2.30. The van der Waals surface area contributed by atoms with Crippen molar-refractivity contribution in [1.29, 1.82) is 0 Å². The number of rotatable bonds is 6. The summed E-state index contributed by atoms with van der Waals surface area (Å²) in [6, 6.07) is 4.18. The Balaban J connectivity index is 2.60. The molecule has 2 nitrogen and oxygen atoms in total. The molecule has 112 valence electrons. The van der Waals surface area contributed by atoms with E-state index in [0.717, 1.165) is 25.0 Å². The molecule has 0 aliphatic heterocycles. The Kier molecular flexibility index (Phi) is 6.33. The van der Waals surface area contributed by atoms with Gasteiger partial charge in [-0.05, 0) is 36.6 Å². The predicted octanol–water partition coefficient (Wildman–Crippen LogP) is 4.09. The van der Waals surface area contributed by atoms with Gasteiger partial charge < -0.3 is 5.32 Å². The average Bonchev–Trinajstić information content (AvgIpc) is 2.42. The standard InChI is InChI=1S/C14H17ClF3NO/c1-2-10(7-8-15)9-19-13(20)11-3-5-12(6-4-11)14(16,17)18/h3-6,10H,2,7-9H2,1H3,(H,19,20). The van der Waals surface area contributed by atoms with Gasteiger partial charge in [0.25, 0.3) is 5.91 Å². The lowest BCUT2D eigenvalue weighted by molar-refractivity contribution is -0.137. The number of halogens is 4. The van der Waals surface area contributed by atoms with E-state index in [4.69, 9.17) is 11.6 Å². The van der Waals surface area contributed by atoms with Gasteiger partial charge in [0.1, 0.15) is 0 Å². The number of carbonyl (C=O) groups excluding carboxylic acids is 1. The Morgan fingerprint density at radius 1 is 1.30 bits per heavy atom. The van der Waals surface area contributed by atoms with Crippen molar-refractivity contribution in [2.75, 3.05) is 12.4 Å². The number of hydrogen-bond donors (Lipinski definition) is 1. The molecule has 0 aliphatic carbocycles. The zero-order valence-electron chi connectivity index (χ0n) is 11.1. The van der Waals surface area contributed by atoms with Gasteiger partial charge in [0.05, 0.1) is 5.56 Å². The summed E-state index contributed by atoms with van der Waals surface area (Å²) in [5, 5.41) is 2.71. The lowest BCUT2D eigenvalue weighted by atomic mass is 10.0. The van der Waals surface area contributed by atoms with Gasteiger partial charge in [-0.2, -0.15) is 13.2 Å². The van der Waals surface area contributed by atoms with E-state index in [-0.39, 0.29) is 17.4 Å². The van der Waals surface area contributed by atoms with Gasteiger partial charge in [0, 0.05) is 18.0 Å². The average molecular weight is 308 g/mol. The lowest BCUT2D eigenvalue weighted by Crippen LogP contribution is -2.29. The van der Waals surface area contributed by atoms with Crippen LogP contribution < -0.4 is 5.32 Å². The molecule has 1 unspecified atom stereocenters. The van der Waals surface area contributed by atoms with Crippen LogP contribution in [0.5, 0.6) is 0 Å². The van der Waals surface area contributed by atoms with Crippen LogP contribution in [0.3, 0.4) is 0 Å². The molecule has 0 bridgehead atoms. The summed E-state index contributed by atoms with van der Waals surface area (Å²) in [5.74, 6) is 0.437. The molecule has 0 aliphatic rings. The van der Waals surface area contributed by atoms with Gasteiger partial charge in [-0.15, -0.1) is 11.6 Å². The number of amides is 1. The van der Waals surface area contributed by atoms with Crippen LogP contribution in [-0.4, -0.2) is 18.3 Å². The fourth-order valence-corrected chi connectivity index (χ4v) is 2.06. The SMILES string of the molecule is CCC(CCCl)CNC(=O)c1ccc(C(F)(F)F)cc1. The van der Waals surface area contributed by atoms with Crippen LogP contribution in [0, 0.1) is 5.92 Å². The van der Waals surface area contributed by atoms with E-state index in [1.165, 1.54) is 12.1 Å². The fraction of sp³-hybridized carbons (Fsp3) is 0.500. The van der Waals surface area contributed by atoms with E-state index < -0.39 is 11.7 Å². The minimum absolute atomic E-state index is 0.221. The molecule has 0 fully saturated rings. The molecule has 0 spiro atoms. The van der Waals surface area contributed by atoms with E-state index >= 15 is 0 Å². The van der Waals surface area contributed by atoms with Crippen molar-refractivity contribution in [2.45, 2.75) is 25.9 Å². The third kappa shape index (κ3) is 5.04. The summed E-state index contributed by atoms with van der Waals surface area (Å²) in [5.41, 5.74) is -0.540. The van der Waals surface area contributed by atoms with Gasteiger partial charge in [-0.1, -0.05) is 13.3 Å². The summed E-state index contributed by atoms with van der Waals surface area (Å²) < 4.78 is 37.2. The summed E-state index contributed by atoms with van der Waals surface area (Å²) in [4.78, 5) is 11.8. The quantitative estimate of drug-likeness (QED) is 0.788. The molecule has 0 saturated heterocycles. The third-order valence-electron chi connectivity index (χ3n) is 3.12. The molecule has 6 heteroatoms. The van der Waals surface area contributed by atoms with E-state index in [9.17, 15) is 18.0 Å². The second-order valence-corrected chi connectivity index (χ2v) is 4.92. The Labute approximate surface area is 121 Å². The molecule has 0 heterocycles. The van der Waals surface area contributed by atoms with Crippen LogP contribution in [0.15, 0.2) is 24.3 Å². The van der Waals surface area contributed by atoms with E-state index in [1.807, 2.05) is 6.92 Å². The minimum atomic E-state index is -4.39. The van der Waals surface area contributed by atoms with Crippen LogP contribution in [0.1, 0.15) is 35.7 Å². The van der Waals surface area contributed by atoms with E-state index in [2.05, 4.69) is 5.32 Å². The Morgan fingerprint density at radius 3 is 2.35 bits per heavy atom. The molecule has 1 N–H and O–H groups in total. The van der Waals surface area contributed by atoms with Crippen LogP contribution in [-0.2, 0) is 6.18 Å². The zero-order chi connectivity index (χ0) is 15.2. The van der Waals surface area contributed by atoms with Crippen molar-refractivity contribution in [3.05, 3.63) is 35.4 Å². The number of benzene rings is 1. The smallest absolute Gasteiger partial charge is 0.352 e. The topological polar surface area (TPSA) is 29.1 Å². The maximum atomic E-state index is 12.4. The summed E-state index contributed by atoms with van der Waals surface area (Å²) in [6.45, 7) is 2.48. The monoisotopic (exact) mass is 307 g/mol. The van der Waals surface area contributed by atoms with E-state index in [1.54, 1.807) is 0 Å². The molecule has 1 aromatic rings. The first-order valence-corrected chi connectivity index (χ1v) is 6.93. The van der Waals surface area contributed by atoms with E-state index in [0.29, 0.717) is 12.4 Å². The molecular weight excluding hydrogens is 291 g/mol. The Bertz CT molecular complexity index is 431. The predicted molar refractivity (Wildman–Crippen MR) is 72.9 cm³/mol. The van der Waals surface area contributed by atoms with Crippen LogP contribution in [0.25, 0.3) is 0 Å². The van der Waals surface area contributed by atoms with Crippen molar-refractivity contribution in [3.63, 3.8) is 0 Å². The Morgan fingerprint density at radius 2 is 1.90 bits per heavy atom. The van der Waals surface area contributed by atoms with Crippen LogP contribution in [0.4, 0.5) is 13.2 Å². The number of nitrogens with one attached hydrogen (secondary N) is 1. The molecule has 0 saturated carbocycles. The lowest BCUT2D eigenvalue weighted by Gasteiger charge is -2.14. The van der Waals surface area contributed by atoms with Crippen molar-refractivity contribution >= 4 is 17.5 Å². The summed E-state index contributed by atoms with van der Waals surface area (Å²) in [6.07, 6.45) is -2.70. The van der Waals surface area contributed by atoms with Crippen molar-refractivity contribution in [3.8, 4) is 0 Å². The number of hydrogen-bond acceptors (Lipinski definition) is 1. The maximum Gasteiger partial charge on any atom is 0.416 e. The molecular formula is C14H17ClF3NO. The first-order valence-electron chi connectivity index (χ1n) is 6.40. The molecule has 1 atom stereocenters. The van der Waals surface area contributed by atoms with Crippen molar-refractivity contribution < 1.29 is 18.0 Å². The highest BCUT2D eigenvalue weighted by Crippen LogP contribution is 2.29. The normalized spacial score (nSPS) is 13.1. The molecule has 0 aromatic heterocycles. The molecule has 1 amide bonds. The van der Waals surface area contributed by atoms with Gasteiger partial charge in [0.15, 0.2) is 0 Å². The maximum absolute atomic E-state index is 12.4. The summed E-state index contributed by atoms with van der Waals surface area (Å²) in [7, 11) is 0. The van der Waals surface area contributed by atoms with Gasteiger partial charge in [-0.3, -0.25) is 4.79 Å². The highest BCUT2D eigenvalue weighted by atomic mass is 35.5. The largest absolute Gasteiger partial charge is 0.416 e. The molecule has 1 aromatic carbocycles. The number of alkyl halides is 4. The minimum Gasteiger partial charge on any atom is -0.352 e. The van der Waals surface area contributed by atoms with Crippen molar-refractivity contribution in [2.24, 2.45) is 5.92 Å². The fourth-order valence-electron chi connectivity index (χ4n) is 1.75. The molecule has 1 rings (SSSR count). The van der Waals surface area contributed by atoms with Crippen LogP contribution >= 0.6 is 11.6 Å². The zero-order valence-corrected chi connectivity index (χ0v) is 11.9. The summed E-state index contributed by atoms with van der Waals surface area (Å²) >= 11 is 5.65. The second-order valence-electron chi connectivity index (χ2n) is 4.54. The van der Waals surface area contributed by atoms with Crippen LogP contribution in [0.2, 0.25) is 0 Å². The third-order valence-corrected chi connectivity index (χ3v) is 3.34. The first kappa shape index (κ1) is 16.8. The number of carbonyl (C=O) groups is 1.